The molecule has 136 valence electrons. The number of hydrogen-bond acceptors (Lipinski definition) is 4. The molecular formula is C22H26N2O2. The van der Waals surface area contributed by atoms with E-state index in [-0.39, 0.29) is 18.0 Å². The van der Waals surface area contributed by atoms with Gasteiger partial charge in [0.15, 0.2) is 0 Å². The number of ether oxygens (including phenoxy) is 1. The van der Waals surface area contributed by atoms with Crippen molar-refractivity contribution in [3.63, 3.8) is 0 Å². The van der Waals surface area contributed by atoms with E-state index in [0.29, 0.717) is 24.3 Å². The largest absolute Gasteiger partial charge is 0.462 e. The molecule has 1 aliphatic rings. The Kier molecular flexibility index (Phi) is 5.27. The SMILES string of the molecule is CC(C)(C)[C@H]1CCc2nc3ccccc3c(C(=O)OCCCC#N)c2C1. The fraction of sp³-hybridized carbons (Fsp3) is 0.500. The molecule has 0 fully saturated rings. The lowest BCUT2D eigenvalue weighted by atomic mass is 9.70. The number of nitrogens with zero attached hydrogens (tertiary/aromatic N) is 2. The Hall–Kier alpha value is -2.41. The number of hydrogen-bond donors (Lipinski definition) is 0. The van der Waals surface area contributed by atoms with E-state index < -0.39 is 0 Å². The van der Waals surface area contributed by atoms with Crippen LogP contribution in [0.25, 0.3) is 10.9 Å². The Morgan fingerprint density at radius 3 is 2.85 bits per heavy atom. The fourth-order valence-corrected chi connectivity index (χ4v) is 3.75. The summed E-state index contributed by atoms with van der Waals surface area (Å²) in [7, 11) is 0. The Balaban J connectivity index is 2.02. The molecule has 3 rings (SSSR count). The summed E-state index contributed by atoms with van der Waals surface area (Å²) in [5, 5.41) is 9.52. The van der Waals surface area contributed by atoms with E-state index in [0.717, 1.165) is 41.4 Å². The molecule has 1 aliphatic carbocycles. The molecule has 1 heterocycles. The van der Waals surface area contributed by atoms with Crippen molar-refractivity contribution in [3.05, 3.63) is 41.1 Å². The van der Waals surface area contributed by atoms with Crippen molar-refractivity contribution in [2.75, 3.05) is 6.61 Å². The molecule has 0 saturated heterocycles. The first-order valence-corrected chi connectivity index (χ1v) is 9.36. The highest BCUT2D eigenvalue weighted by molar-refractivity contribution is 6.05. The number of pyridine rings is 1. The number of unbranched alkanes of at least 4 members (excludes halogenated alkanes) is 1. The van der Waals surface area contributed by atoms with Crippen molar-refractivity contribution in [1.82, 2.24) is 4.98 Å². The summed E-state index contributed by atoms with van der Waals surface area (Å²) < 4.78 is 5.51. The third kappa shape index (κ3) is 3.72. The number of carbonyl (C=O) groups excluding carboxylic acids is 1. The molecule has 0 aliphatic heterocycles. The van der Waals surface area contributed by atoms with Gasteiger partial charge in [-0.1, -0.05) is 39.0 Å². The third-order valence-electron chi connectivity index (χ3n) is 5.35. The van der Waals surface area contributed by atoms with Gasteiger partial charge in [0.1, 0.15) is 0 Å². The molecular weight excluding hydrogens is 324 g/mol. The van der Waals surface area contributed by atoms with E-state index in [1.54, 1.807) is 0 Å². The van der Waals surface area contributed by atoms with E-state index in [1.165, 1.54) is 0 Å². The molecule has 4 nitrogen and oxygen atoms in total. The Labute approximate surface area is 155 Å². The Morgan fingerprint density at radius 2 is 2.12 bits per heavy atom. The van der Waals surface area contributed by atoms with Crippen molar-refractivity contribution < 1.29 is 9.53 Å². The average Bonchev–Trinajstić information content (AvgIpc) is 2.61. The molecule has 0 radical (unpaired) electrons. The maximum atomic E-state index is 12.9. The summed E-state index contributed by atoms with van der Waals surface area (Å²) in [4.78, 5) is 17.8. The van der Waals surface area contributed by atoms with Gasteiger partial charge < -0.3 is 4.74 Å². The second-order valence-corrected chi connectivity index (χ2v) is 8.13. The highest BCUT2D eigenvalue weighted by Crippen LogP contribution is 2.39. The number of aryl methyl sites for hydroxylation is 1. The summed E-state index contributed by atoms with van der Waals surface area (Å²) in [5.74, 6) is 0.232. The number of fused-ring (bicyclic) bond motifs is 2. The maximum Gasteiger partial charge on any atom is 0.339 e. The van der Waals surface area contributed by atoms with E-state index in [1.807, 2.05) is 24.3 Å². The lowest BCUT2D eigenvalue weighted by molar-refractivity contribution is 0.0501. The number of esters is 1. The predicted octanol–water partition coefficient (Wildman–Crippen LogP) is 4.85. The summed E-state index contributed by atoms with van der Waals surface area (Å²) in [6, 6.07) is 9.88. The van der Waals surface area contributed by atoms with E-state index in [9.17, 15) is 4.79 Å². The quantitative estimate of drug-likeness (QED) is 0.584. The molecule has 0 N–H and O–H groups in total. The van der Waals surface area contributed by atoms with Gasteiger partial charge in [0, 0.05) is 17.5 Å². The zero-order chi connectivity index (χ0) is 18.7. The number of aromatic nitrogens is 1. The Bertz CT molecular complexity index is 859. The van der Waals surface area contributed by atoms with E-state index in [2.05, 4.69) is 26.8 Å². The van der Waals surface area contributed by atoms with Crippen LogP contribution in [0.15, 0.2) is 24.3 Å². The molecule has 1 aromatic carbocycles. The van der Waals surface area contributed by atoms with Crippen LogP contribution in [0.3, 0.4) is 0 Å². The molecule has 0 bridgehead atoms. The fourth-order valence-electron chi connectivity index (χ4n) is 3.75. The predicted molar refractivity (Wildman–Crippen MR) is 102 cm³/mol. The normalized spacial score (nSPS) is 16.8. The second kappa shape index (κ2) is 7.45. The number of nitriles is 1. The second-order valence-electron chi connectivity index (χ2n) is 8.13. The molecule has 26 heavy (non-hydrogen) atoms. The van der Waals surface area contributed by atoms with Gasteiger partial charge in [-0.05, 0) is 48.6 Å². The van der Waals surface area contributed by atoms with E-state index in [4.69, 9.17) is 15.0 Å². The van der Waals surface area contributed by atoms with Crippen LogP contribution in [0, 0.1) is 22.7 Å². The zero-order valence-corrected chi connectivity index (χ0v) is 15.8. The lowest BCUT2D eigenvalue weighted by Crippen LogP contribution is -2.29. The molecule has 4 heteroatoms. The standard InChI is InChI=1S/C22H26N2O2/c1-22(2,3)15-10-11-19-17(14-15)20(21(25)26-13-7-6-12-23)16-8-4-5-9-18(16)24-19/h4-5,8-9,15H,6-7,10-11,13-14H2,1-3H3/t15-/m0/s1. The van der Waals surface area contributed by atoms with E-state index >= 15 is 0 Å². The van der Waals surface area contributed by atoms with Crippen molar-refractivity contribution >= 4 is 16.9 Å². The number of carbonyl (C=O) groups is 1. The first-order chi connectivity index (χ1) is 12.4. The van der Waals surface area contributed by atoms with Crippen LogP contribution in [-0.2, 0) is 17.6 Å². The molecule has 0 saturated carbocycles. The third-order valence-corrected chi connectivity index (χ3v) is 5.35. The average molecular weight is 350 g/mol. The number of benzene rings is 1. The molecule has 0 amide bonds. The van der Waals surface area contributed by atoms with Crippen LogP contribution in [0.2, 0.25) is 0 Å². The number of para-hydroxylation sites is 1. The lowest BCUT2D eigenvalue weighted by Gasteiger charge is -2.35. The van der Waals surface area contributed by atoms with Crippen LogP contribution in [0.5, 0.6) is 0 Å². The van der Waals surface area contributed by atoms with Gasteiger partial charge in [0.05, 0.1) is 23.8 Å². The summed E-state index contributed by atoms with van der Waals surface area (Å²) in [6.45, 7) is 7.06. The monoisotopic (exact) mass is 350 g/mol. The van der Waals surface area contributed by atoms with Crippen molar-refractivity contribution in [3.8, 4) is 6.07 Å². The van der Waals surface area contributed by atoms with Gasteiger partial charge in [0.25, 0.3) is 0 Å². The summed E-state index contributed by atoms with van der Waals surface area (Å²) in [6.07, 6.45) is 3.82. The molecule has 0 spiro atoms. The summed E-state index contributed by atoms with van der Waals surface area (Å²) >= 11 is 0. The van der Waals surface area contributed by atoms with Crippen LogP contribution in [-0.4, -0.2) is 17.6 Å². The van der Waals surface area contributed by atoms with Crippen molar-refractivity contribution in [1.29, 1.82) is 5.26 Å². The van der Waals surface area contributed by atoms with Crippen LogP contribution >= 0.6 is 0 Å². The molecule has 0 unspecified atom stereocenters. The van der Waals surface area contributed by atoms with Crippen LogP contribution < -0.4 is 0 Å². The van der Waals surface area contributed by atoms with Gasteiger partial charge in [0.2, 0.25) is 0 Å². The molecule has 1 atom stereocenters. The van der Waals surface area contributed by atoms with Crippen LogP contribution in [0.1, 0.15) is 61.6 Å². The van der Waals surface area contributed by atoms with Gasteiger partial charge in [-0.3, -0.25) is 4.98 Å². The minimum absolute atomic E-state index is 0.192. The zero-order valence-electron chi connectivity index (χ0n) is 15.8. The summed E-state index contributed by atoms with van der Waals surface area (Å²) in [5.41, 5.74) is 3.81. The first-order valence-electron chi connectivity index (χ1n) is 9.36. The highest BCUT2D eigenvalue weighted by atomic mass is 16.5. The van der Waals surface area contributed by atoms with Gasteiger partial charge in [-0.2, -0.15) is 5.26 Å². The number of rotatable bonds is 4. The topological polar surface area (TPSA) is 63.0 Å². The van der Waals surface area contributed by atoms with Gasteiger partial charge >= 0.3 is 5.97 Å². The molecule has 1 aromatic heterocycles. The molecule has 2 aromatic rings. The van der Waals surface area contributed by atoms with Gasteiger partial charge in [-0.15, -0.1) is 0 Å². The Morgan fingerprint density at radius 1 is 1.35 bits per heavy atom. The smallest absolute Gasteiger partial charge is 0.339 e. The minimum Gasteiger partial charge on any atom is -0.462 e. The maximum absolute atomic E-state index is 12.9. The first kappa shape index (κ1) is 18.4. The van der Waals surface area contributed by atoms with Crippen molar-refractivity contribution in [2.45, 2.75) is 52.9 Å². The van der Waals surface area contributed by atoms with Gasteiger partial charge in [-0.25, -0.2) is 4.79 Å². The minimum atomic E-state index is -0.285. The van der Waals surface area contributed by atoms with Crippen LogP contribution in [0.4, 0.5) is 0 Å². The highest BCUT2D eigenvalue weighted by Gasteiger charge is 2.33. The van der Waals surface area contributed by atoms with Crippen molar-refractivity contribution in [2.24, 2.45) is 11.3 Å².